The Kier molecular flexibility index (Phi) is 6.31. The lowest BCUT2D eigenvalue weighted by atomic mass is 10.1. The number of fused-ring (bicyclic) bond motifs is 1. The van der Waals surface area contributed by atoms with E-state index in [9.17, 15) is 4.39 Å². The van der Waals surface area contributed by atoms with Crippen molar-refractivity contribution in [2.75, 3.05) is 44.3 Å². The Labute approximate surface area is 177 Å². The maximum atomic E-state index is 13.3. The number of rotatable bonds is 5. The van der Waals surface area contributed by atoms with Crippen molar-refractivity contribution in [3.63, 3.8) is 0 Å². The van der Waals surface area contributed by atoms with Crippen molar-refractivity contribution >= 4 is 5.69 Å². The molecule has 2 aliphatic heterocycles. The highest BCUT2D eigenvalue weighted by molar-refractivity contribution is 5.65. The zero-order valence-corrected chi connectivity index (χ0v) is 17.7. The van der Waals surface area contributed by atoms with Crippen molar-refractivity contribution in [2.45, 2.75) is 32.3 Å². The average Bonchev–Trinajstić information content (AvgIpc) is 2.74. The highest BCUT2D eigenvalue weighted by atomic mass is 19.1. The molecule has 0 saturated carbocycles. The lowest BCUT2D eigenvalue weighted by Crippen LogP contribution is -2.63. The summed E-state index contributed by atoms with van der Waals surface area (Å²) in [6.07, 6.45) is -0.734. The maximum Gasteiger partial charge on any atom is 0.136 e. The van der Waals surface area contributed by atoms with Gasteiger partial charge in [0.15, 0.2) is 0 Å². The third kappa shape index (κ3) is 4.19. The molecule has 2 atom stereocenters. The van der Waals surface area contributed by atoms with Crippen molar-refractivity contribution in [1.82, 2.24) is 14.8 Å². The maximum absolute atomic E-state index is 13.3. The van der Waals surface area contributed by atoms with E-state index in [1.165, 1.54) is 12.1 Å². The van der Waals surface area contributed by atoms with Gasteiger partial charge in [0.05, 0.1) is 30.3 Å². The van der Waals surface area contributed by atoms with Gasteiger partial charge in [0, 0.05) is 37.8 Å². The summed E-state index contributed by atoms with van der Waals surface area (Å²) < 4.78 is 18.8. The molecule has 3 heterocycles. The monoisotopic (exact) mass is 414 g/mol. The molecule has 0 aliphatic carbocycles. The minimum absolute atomic E-state index is 0.158. The van der Waals surface area contributed by atoms with Crippen molar-refractivity contribution in [2.24, 2.45) is 11.5 Å². The Hall–Kier alpha value is -2.10. The molecule has 30 heavy (non-hydrogen) atoms. The molecule has 1 aromatic heterocycles. The van der Waals surface area contributed by atoms with E-state index in [2.05, 4.69) is 28.5 Å². The van der Waals surface area contributed by atoms with Gasteiger partial charge in [-0.1, -0.05) is 0 Å². The van der Waals surface area contributed by atoms with Crippen LogP contribution < -0.4 is 16.4 Å². The second-order valence-corrected chi connectivity index (χ2v) is 8.15. The molecule has 162 valence electrons. The van der Waals surface area contributed by atoms with Gasteiger partial charge >= 0.3 is 0 Å². The molecule has 4 rings (SSSR count). The van der Waals surface area contributed by atoms with Gasteiger partial charge in [-0.15, -0.1) is 0 Å². The predicted octanol–water partition coefficient (Wildman–Crippen LogP) is 1.95. The van der Waals surface area contributed by atoms with Crippen LogP contribution in [-0.2, 0) is 4.74 Å². The largest absolute Gasteiger partial charge is 0.379 e. The number of morpholine rings is 1. The van der Waals surface area contributed by atoms with Gasteiger partial charge in [0.25, 0.3) is 0 Å². The van der Waals surface area contributed by atoms with E-state index in [1.807, 2.05) is 12.1 Å². The first kappa shape index (κ1) is 21.1. The summed E-state index contributed by atoms with van der Waals surface area (Å²) in [5, 5.41) is 0. The van der Waals surface area contributed by atoms with Gasteiger partial charge in [0.1, 0.15) is 18.3 Å². The zero-order valence-electron chi connectivity index (χ0n) is 17.7. The summed E-state index contributed by atoms with van der Waals surface area (Å²) in [6.45, 7) is 9.28. The number of hydrogen-bond donors (Lipinski definition) is 2. The summed E-state index contributed by atoms with van der Waals surface area (Å²) in [5.41, 5.74) is 16.7. The van der Waals surface area contributed by atoms with E-state index in [-0.39, 0.29) is 18.1 Å². The summed E-state index contributed by atoms with van der Waals surface area (Å²) in [5.74, 6) is -0.264. The van der Waals surface area contributed by atoms with Crippen molar-refractivity contribution in [3.8, 4) is 11.3 Å². The molecule has 8 heteroatoms. The molecule has 0 radical (unpaired) electrons. The fourth-order valence-electron chi connectivity index (χ4n) is 4.27. The third-order valence-corrected chi connectivity index (χ3v) is 5.94. The highest BCUT2D eigenvalue weighted by Gasteiger charge is 2.38. The number of pyridine rings is 1. The number of nitrogens with zero attached hydrogens (tertiary/aromatic N) is 4. The molecule has 0 spiro atoms. The Morgan fingerprint density at radius 2 is 1.77 bits per heavy atom. The first-order chi connectivity index (χ1) is 14.5. The topological polar surface area (TPSA) is 83.9 Å². The zero-order chi connectivity index (χ0) is 21.3. The van der Waals surface area contributed by atoms with E-state index in [0.29, 0.717) is 0 Å². The fraction of sp³-hybridized carbons (Fsp3) is 0.500. The first-order valence-corrected chi connectivity index (χ1v) is 10.6. The summed E-state index contributed by atoms with van der Waals surface area (Å²) in [7, 11) is 0. The molecular formula is C22H31FN6O. The van der Waals surface area contributed by atoms with E-state index < -0.39 is 6.17 Å². The molecule has 7 nitrogen and oxygen atoms in total. The van der Waals surface area contributed by atoms with Crippen molar-refractivity contribution < 1.29 is 9.13 Å². The van der Waals surface area contributed by atoms with Gasteiger partial charge in [-0.05, 0) is 50.2 Å². The van der Waals surface area contributed by atoms with E-state index in [4.69, 9.17) is 21.2 Å². The van der Waals surface area contributed by atoms with Crippen molar-refractivity contribution in [1.29, 1.82) is 0 Å². The standard InChI is InChI=1S/C22H31FN6O/c1-15(2)29-21(24)20-19(8-7-18(26-20)16-3-5-17(23)6-4-16)28(22(29)25)10-9-27-11-13-30-14-12-27/h3-8,15,21-22H,9-14,24-25H2,1-2H3. The number of aromatic nitrogens is 1. The van der Waals surface area contributed by atoms with E-state index >= 15 is 0 Å². The van der Waals surface area contributed by atoms with E-state index in [1.54, 1.807) is 12.1 Å². The smallest absolute Gasteiger partial charge is 0.136 e. The van der Waals surface area contributed by atoms with Crippen LogP contribution in [0.4, 0.5) is 10.1 Å². The van der Waals surface area contributed by atoms with E-state index in [0.717, 1.165) is 62.0 Å². The minimum Gasteiger partial charge on any atom is -0.379 e. The molecule has 2 aromatic rings. The molecule has 1 fully saturated rings. The predicted molar refractivity (Wildman–Crippen MR) is 116 cm³/mol. The average molecular weight is 415 g/mol. The van der Waals surface area contributed by atoms with Gasteiger partial charge in [-0.2, -0.15) is 0 Å². The Bertz CT molecular complexity index is 855. The van der Waals surface area contributed by atoms with Crippen LogP contribution in [-0.4, -0.2) is 66.5 Å². The first-order valence-electron chi connectivity index (χ1n) is 10.6. The van der Waals surface area contributed by atoms with Crippen LogP contribution in [0.25, 0.3) is 11.3 Å². The van der Waals surface area contributed by atoms with Gasteiger partial charge in [-0.25, -0.2) is 14.3 Å². The second kappa shape index (κ2) is 8.95. The van der Waals surface area contributed by atoms with Crippen LogP contribution in [0.2, 0.25) is 0 Å². The Morgan fingerprint density at radius 3 is 2.43 bits per heavy atom. The lowest BCUT2D eigenvalue weighted by molar-refractivity contribution is 0.0361. The van der Waals surface area contributed by atoms with Crippen LogP contribution >= 0.6 is 0 Å². The van der Waals surface area contributed by atoms with Gasteiger partial charge in [-0.3, -0.25) is 10.6 Å². The number of halogens is 1. The lowest BCUT2D eigenvalue weighted by Gasteiger charge is -2.48. The Morgan fingerprint density at radius 1 is 1.07 bits per heavy atom. The van der Waals surface area contributed by atoms with Gasteiger partial charge in [0.2, 0.25) is 0 Å². The van der Waals surface area contributed by atoms with Crippen LogP contribution in [0, 0.1) is 5.82 Å². The van der Waals surface area contributed by atoms with Crippen molar-refractivity contribution in [3.05, 3.63) is 47.9 Å². The van der Waals surface area contributed by atoms with Crippen LogP contribution in [0.5, 0.6) is 0 Å². The number of benzene rings is 1. The second-order valence-electron chi connectivity index (χ2n) is 8.15. The molecule has 0 bridgehead atoms. The normalized spacial score (nSPS) is 23.1. The molecule has 2 aliphatic rings. The number of anilines is 1. The van der Waals surface area contributed by atoms with Crippen LogP contribution in [0.15, 0.2) is 36.4 Å². The highest BCUT2D eigenvalue weighted by Crippen LogP contribution is 2.36. The number of ether oxygens (including phenoxy) is 1. The SMILES string of the molecule is CC(C)N1C(N)c2nc(-c3ccc(F)cc3)ccc2N(CCN2CCOCC2)C1N. The molecule has 2 unspecified atom stereocenters. The molecule has 0 amide bonds. The molecule has 4 N–H and O–H groups in total. The Balaban J connectivity index is 1.65. The molecule has 1 saturated heterocycles. The molecular weight excluding hydrogens is 383 g/mol. The summed E-state index contributed by atoms with van der Waals surface area (Å²) in [4.78, 5) is 11.6. The third-order valence-electron chi connectivity index (χ3n) is 5.94. The fourth-order valence-corrected chi connectivity index (χ4v) is 4.27. The summed E-state index contributed by atoms with van der Waals surface area (Å²) >= 11 is 0. The minimum atomic E-state index is -0.407. The quantitative estimate of drug-likeness (QED) is 0.774. The van der Waals surface area contributed by atoms with Crippen LogP contribution in [0.1, 0.15) is 25.7 Å². The number of hydrogen-bond acceptors (Lipinski definition) is 7. The number of nitrogens with two attached hydrogens (primary N) is 2. The van der Waals surface area contributed by atoms with Crippen LogP contribution in [0.3, 0.4) is 0 Å². The van der Waals surface area contributed by atoms with Gasteiger partial charge < -0.3 is 15.4 Å². The molecule has 1 aromatic carbocycles. The summed E-state index contributed by atoms with van der Waals surface area (Å²) in [6, 6.07) is 10.5.